The number of anilines is 1. The average molecular weight is 288 g/mol. The number of ether oxygens (including phenoxy) is 1. The van der Waals surface area contributed by atoms with Gasteiger partial charge < -0.3 is 15.0 Å². The summed E-state index contributed by atoms with van der Waals surface area (Å²) in [7, 11) is 1.76. The van der Waals surface area contributed by atoms with Crippen LogP contribution >= 0.6 is 0 Å². The van der Waals surface area contributed by atoms with Gasteiger partial charge in [-0.25, -0.2) is 0 Å². The zero-order valence-corrected chi connectivity index (χ0v) is 13.2. The zero-order chi connectivity index (χ0) is 14.5. The van der Waals surface area contributed by atoms with E-state index in [0.717, 1.165) is 25.6 Å². The first-order chi connectivity index (χ1) is 10.4. The predicted molar refractivity (Wildman–Crippen MR) is 87.7 cm³/mol. The summed E-state index contributed by atoms with van der Waals surface area (Å²) in [6.07, 6.45) is 7.11. The van der Waals surface area contributed by atoms with Gasteiger partial charge in [0.2, 0.25) is 0 Å². The molecule has 116 valence electrons. The number of nitrogens with one attached hydrogen (secondary N) is 1. The van der Waals surface area contributed by atoms with Crippen LogP contribution in [0.3, 0.4) is 0 Å². The topological polar surface area (TPSA) is 24.5 Å². The van der Waals surface area contributed by atoms with Gasteiger partial charge in [0.05, 0.1) is 6.61 Å². The maximum Gasteiger partial charge on any atom is 0.0713 e. The summed E-state index contributed by atoms with van der Waals surface area (Å²) in [6.45, 7) is 4.07. The Hall–Kier alpha value is -1.06. The van der Waals surface area contributed by atoms with Crippen molar-refractivity contribution in [1.82, 2.24) is 5.32 Å². The smallest absolute Gasteiger partial charge is 0.0713 e. The Bertz CT molecular complexity index is 443. The lowest BCUT2D eigenvalue weighted by molar-refractivity contribution is 0.185. The van der Waals surface area contributed by atoms with Crippen molar-refractivity contribution in [2.45, 2.75) is 44.8 Å². The van der Waals surface area contributed by atoms with E-state index >= 15 is 0 Å². The molecule has 3 nitrogen and oxygen atoms in total. The van der Waals surface area contributed by atoms with Crippen molar-refractivity contribution in [2.24, 2.45) is 5.92 Å². The third kappa shape index (κ3) is 3.78. The maximum atomic E-state index is 5.26. The summed E-state index contributed by atoms with van der Waals surface area (Å²) in [5.41, 5.74) is 2.62. The van der Waals surface area contributed by atoms with E-state index in [-0.39, 0.29) is 0 Å². The van der Waals surface area contributed by atoms with Crippen LogP contribution in [0.5, 0.6) is 0 Å². The molecule has 1 saturated heterocycles. The number of benzene rings is 1. The molecule has 1 unspecified atom stereocenters. The summed E-state index contributed by atoms with van der Waals surface area (Å²) in [4.78, 5) is 2.55. The first-order valence-electron chi connectivity index (χ1n) is 8.43. The van der Waals surface area contributed by atoms with E-state index in [1.807, 2.05) is 0 Å². The van der Waals surface area contributed by atoms with E-state index in [0.29, 0.717) is 12.6 Å². The van der Waals surface area contributed by atoms with Crippen LogP contribution in [0.4, 0.5) is 5.69 Å². The highest BCUT2D eigenvalue weighted by molar-refractivity contribution is 5.49. The molecule has 1 aromatic carbocycles. The molecule has 0 bridgehead atoms. The molecular weight excluding hydrogens is 260 g/mol. The molecule has 3 rings (SSSR count). The van der Waals surface area contributed by atoms with Crippen LogP contribution < -0.4 is 10.2 Å². The summed E-state index contributed by atoms with van der Waals surface area (Å²) in [5.74, 6) is 0.878. The molecule has 0 aromatic heterocycles. The molecule has 21 heavy (non-hydrogen) atoms. The SMILES string of the molecule is COCc1cccc(N2CCNC(C3CCCCC3)C2)c1. The van der Waals surface area contributed by atoms with Gasteiger partial charge in [-0.1, -0.05) is 31.4 Å². The lowest BCUT2D eigenvalue weighted by Crippen LogP contribution is -2.54. The monoisotopic (exact) mass is 288 g/mol. The number of hydrogen-bond acceptors (Lipinski definition) is 3. The van der Waals surface area contributed by atoms with Crippen LogP contribution in [0.2, 0.25) is 0 Å². The molecule has 1 N–H and O–H groups in total. The fraction of sp³-hybridized carbons (Fsp3) is 0.667. The average Bonchev–Trinajstić information content (AvgIpc) is 2.56. The Labute approximate surface area is 128 Å². The first kappa shape index (κ1) is 14.9. The Morgan fingerprint density at radius 3 is 2.90 bits per heavy atom. The van der Waals surface area contributed by atoms with E-state index in [2.05, 4.69) is 34.5 Å². The number of piperazine rings is 1. The Morgan fingerprint density at radius 2 is 2.10 bits per heavy atom. The minimum absolute atomic E-state index is 0.671. The molecule has 2 aliphatic rings. The van der Waals surface area contributed by atoms with Gasteiger partial charge in [0.1, 0.15) is 0 Å². The van der Waals surface area contributed by atoms with Crippen molar-refractivity contribution in [3.63, 3.8) is 0 Å². The molecule has 1 aromatic rings. The molecular formula is C18H28N2O. The Morgan fingerprint density at radius 1 is 1.24 bits per heavy atom. The van der Waals surface area contributed by atoms with Crippen LogP contribution in [0.15, 0.2) is 24.3 Å². The number of methoxy groups -OCH3 is 1. The van der Waals surface area contributed by atoms with E-state index in [9.17, 15) is 0 Å². The van der Waals surface area contributed by atoms with Gasteiger partial charge in [0.25, 0.3) is 0 Å². The fourth-order valence-electron chi connectivity index (χ4n) is 3.87. The van der Waals surface area contributed by atoms with Crippen LogP contribution in [-0.2, 0) is 11.3 Å². The van der Waals surface area contributed by atoms with E-state index in [1.165, 1.54) is 43.4 Å². The van der Waals surface area contributed by atoms with E-state index < -0.39 is 0 Å². The predicted octanol–water partition coefficient (Wildman–Crippen LogP) is 3.19. The van der Waals surface area contributed by atoms with Crippen LogP contribution in [0.25, 0.3) is 0 Å². The second-order valence-electron chi connectivity index (χ2n) is 6.51. The van der Waals surface area contributed by atoms with Crippen molar-refractivity contribution >= 4 is 5.69 Å². The summed E-state index contributed by atoms with van der Waals surface area (Å²) in [5, 5.41) is 3.76. The van der Waals surface area contributed by atoms with Gasteiger partial charge in [0, 0.05) is 38.5 Å². The van der Waals surface area contributed by atoms with E-state index in [4.69, 9.17) is 4.74 Å². The number of rotatable bonds is 4. The standard InChI is InChI=1S/C18H28N2O/c1-21-14-15-6-5-9-17(12-15)20-11-10-19-18(13-20)16-7-3-2-4-8-16/h5-6,9,12,16,18-19H,2-4,7-8,10-11,13-14H2,1H3. The summed E-state index contributed by atoms with van der Waals surface area (Å²) in [6, 6.07) is 9.50. The summed E-state index contributed by atoms with van der Waals surface area (Å²) >= 11 is 0. The zero-order valence-electron chi connectivity index (χ0n) is 13.2. The lowest BCUT2D eigenvalue weighted by atomic mass is 9.83. The minimum Gasteiger partial charge on any atom is -0.380 e. The summed E-state index contributed by atoms with van der Waals surface area (Å²) < 4.78 is 5.26. The van der Waals surface area contributed by atoms with Crippen molar-refractivity contribution < 1.29 is 4.74 Å². The Balaban J connectivity index is 1.66. The molecule has 0 spiro atoms. The molecule has 2 fully saturated rings. The number of hydrogen-bond donors (Lipinski definition) is 1. The lowest BCUT2D eigenvalue weighted by Gasteiger charge is -2.40. The van der Waals surface area contributed by atoms with Crippen molar-refractivity contribution in [2.75, 3.05) is 31.6 Å². The van der Waals surface area contributed by atoms with Gasteiger partial charge in [0.15, 0.2) is 0 Å². The second kappa shape index (κ2) is 7.28. The van der Waals surface area contributed by atoms with Crippen LogP contribution in [0, 0.1) is 5.92 Å². The molecule has 1 aliphatic heterocycles. The largest absolute Gasteiger partial charge is 0.380 e. The quantitative estimate of drug-likeness (QED) is 0.921. The van der Waals surface area contributed by atoms with Crippen molar-refractivity contribution in [3.8, 4) is 0 Å². The van der Waals surface area contributed by atoms with Gasteiger partial charge in [-0.15, -0.1) is 0 Å². The van der Waals surface area contributed by atoms with Crippen molar-refractivity contribution in [1.29, 1.82) is 0 Å². The highest BCUT2D eigenvalue weighted by Gasteiger charge is 2.28. The first-order valence-corrected chi connectivity index (χ1v) is 8.43. The molecule has 3 heteroatoms. The second-order valence-corrected chi connectivity index (χ2v) is 6.51. The van der Waals surface area contributed by atoms with Gasteiger partial charge in [-0.05, 0) is 36.5 Å². The van der Waals surface area contributed by atoms with E-state index in [1.54, 1.807) is 7.11 Å². The Kier molecular flexibility index (Phi) is 5.15. The molecule has 1 heterocycles. The van der Waals surface area contributed by atoms with Gasteiger partial charge >= 0.3 is 0 Å². The third-order valence-electron chi connectivity index (χ3n) is 5.01. The third-order valence-corrected chi connectivity index (χ3v) is 5.01. The highest BCUT2D eigenvalue weighted by atomic mass is 16.5. The highest BCUT2D eigenvalue weighted by Crippen LogP contribution is 2.29. The van der Waals surface area contributed by atoms with Gasteiger partial charge in [-0.3, -0.25) is 0 Å². The number of nitrogens with zero attached hydrogens (tertiary/aromatic N) is 1. The van der Waals surface area contributed by atoms with Crippen LogP contribution in [0.1, 0.15) is 37.7 Å². The molecule has 1 aliphatic carbocycles. The van der Waals surface area contributed by atoms with Crippen LogP contribution in [-0.4, -0.2) is 32.8 Å². The normalized spacial score (nSPS) is 24.2. The molecule has 0 radical (unpaired) electrons. The maximum absolute atomic E-state index is 5.26. The molecule has 0 amide bonds. The molecule has 1 atom stereocenters. The fourth-order valence-corrected chi connectivity index (χ4v) is 3.87. The minimum atomic E-state index is 0.671. The molecule has 1 saturated carbocycles. The van der Waals surface area contributed by atoms with Crippen molar-refractivity contribution in [3.05, 3.63) is 29.8 Å². The van der Waals surface area contributed by atoms with Gasteiger partial charge in [-0.2, -0.15) is 0 Å².